The van der Waals surface area contributed by atoms with E-state index in [-0.39, 0.29) is 12.4 Å². The molecule has 0 radical (unpaired) electrons. The summed E-state index contributed by atoms with van der Waals surface area (Å²) in [4.78, 5) is 15.9. The molecule has 0 aromatic carbocycles. The Morgan fingerprint density at radius 1 is 1.59 bits per heavy atom. The van der Waals surface area contributed by atoms with Crippen LogP contribution in [0.3, 0.4) is 0 Å². The van der Waals surface area contributed by atoms with Crippen molar-refractivity contribution < 1.29 is 9.53 Å². The first-order valence-corrected chi connectivity index (χ1v) is 5.51. The van der Waals surface area contributed by atoms with E-state index in [1.165, 1.54) is 0 Å². The van der Waals surface area contributed by atoms with Gasteiger partial charge in [-0.15, -0.1) is 0 Å². The normalized spacial score (nSPS) is 10.7. The lowest BCUT2D eigenvalue weighted by Crippen LogP contribution is -2.10. The van der Waals surface area contributed by atoms with E-state index in [4.69, 9.17) is 10.5 Å². The maximum absolute atomic E-state index is 11.5. The fraction of sp³-hybridized carbons (Fsp3) is 0.333. The molecular formula is C12H15N3O2. The van der Waals surface area contributed by atoms with Crippen LogP contribution in [0, 0.1) is 6.92 Å². The molecule has 2 rings (SSSR count). The second kappa shape index (κ2) is 4.45. The average molecular weight is 233 g/mol. The van der Waals surface area contributed by atoms with Crippen LogP contribution in [0.25, 0.3) is 5.65 Å². The molecule has 2 N–H and O–H groups in total. The van der Waals surface area contributed by atoms with Gasteiger partial charge in [0.2, 0.25) is 0 Å². The number of hydrogen-bond donors (Lipinski definition) is 1. The van der Waals surface area contributed by atoms with Crippen molar-refractivity contribution in [1.29, 1.82) is 0 Å². The van der Waals surface area contributed by atoms with Crippen molar-refractivity contribution in [2.24, 2.45) is 0 Å². The number of pyridine rings is 1. The Morgan fingerprint density at radius 2 is 2.35 bits per heavy atom. The van der Waals surface area contributed by atoms with Crippen LogP contribution in [-0.4, -0.2) is 22.0 Å². The number of carbonyl (C=O) groups is 1. The average Bonchev–Trinajstić information content (AvgIpc) is 2.58. The number of aryl methyl sites for hydroxylation is 1. The second-order valence-electron chi connectivity index (χ2n) is 3.78. The number of carbonyl (C=O) groups excluding carboxylic acids is 1. The van der Waals surface area contributed by atoms with Gasteiger partial charge >= 0.3 is 5.97 Å². The second-order valence-corrected chi connectivity index (χ2v) is 3.78. The minimum absolute atomic E-state index is 0.213. The van der Waals surface area contributed by atoms with E-state index in [0.29, 0.717) is 17.9 Å². The van der Waals surface area contributed by atoms with Gasteiger partial charge in [0.1, 0.15) is 0 Å². The van der Waals surface area contributed by atoms with Crippen LogP contribution in [-0.2, 0) is 16.0 Å². The molecule has 2 heterocycles. The van der Waals surface area contributed by atoms with Crippen LogP contribution >= 0.6 is 0 Å². The van der Waals surface area contributed by atoms with Crippen molar-refractivity contribution in [2.45, 2.75) is 20.3 Å². The van der Waals surface area contributed by atoms with Gasteiger partial charge in [0.05, 0.1) is 30.1 Å². The number of anilines is 1. The van der Waals surface area contributed by atoms with Crippen LogP contribution in [0.15, 0.2) is 18.3 Å². The molecule has 0 saturated heterocycles. The van der Waals surface area contributed by atoms with E-state index >= 15 is 0 Å². The number of rotatable bonds is 3. The van der Waals surface area contributed by atoms with E-state index in [9.17, 15) is 4.79 Å². The Morgan fingerprint density at radius 3 is 3.06 bits per heavy atom. The lowest BCUT2D eigenvalue weighted by atomic mass is 10.2. The summed E-state index contributed by atoms with van der Waals surface area (Å²) in [7, 11) is 0. The van der Waals surface area contributed by atoms with Gasteiger partial charge in [0.15, 0.2) is 5.65 Å². The third kappa shape index (κ3) is 2.08. The van der Waals surface area contributed by atoms with Crippen molar-refractivity contribution in [2.75, 3.05) is 12.3 Å². The first kappa shape index (κ1) is 11.4. The molecule has 0 fully saturated rings. The molecule has 0 bridgehead atoms. The van der Waals surface area contributed by atoms with Crippen molar-refractivity contribution in [1.82, 2.24) is 9.38 Å². The standard InChI is InChI=1S/C12H15N3O2/c1-3-17-11(16)7-10-8(2)14-12-9(13)5-4-6-15(10)12/h4-6H,3,7,13H2,1-2H3. The Kier molecular flexibility index (Phi) is 2.99. The maximum atomic E-state index is 11.5. The molecule has 5 heteroatoms. The van der Waals surface area contributed by atoms with Gasteiger partial charge in [0, 0.05) is 6.20 Å². The molecule has 2 aromatic rings. The van der Waals surface area contributed by atoms with Crippen LogP contribution in [0.5, 0.6) is 0 Å². The van der Waals surface area contributed by atoms with Gasteiger partial charge in [-0.3, -0.25) is 4.79 Å². The molecule has 0 aliphatic heterocycles. The van der Waals surface area contributed by atoms with Crippen LogP contribution < -0.4 is 5.73 Å². The molecule has 2 aromatic heterocycles. The Hall–Kier alpha value is -2.04. The fourth-order valence-corrected chi connectivity index (χ4v) is 1.81. The smallest absolute Gasteiger partial charge is 0.311 e. The molecule has 0 saturated carbocycles. The number of nitrogens with zero attached hydrogens (tertiary/aromatic N) is 2. The molecule has 0 unspecified atom stereocenters. The Bertz CT molecular complexity index is 560. The van der Waals surface area contributed by atoms with Gasteiger partial charge in [-0.25, -0.2) is 4.98 Å². The fourth-order valence-electron chi connectivity index (χ4n) is 1.81. The Balaban J connectivity index is 2.43. The predicted octanol–water partition coefficient (Wildman–Crippen LogP) is 1.33. The topological polar surface area (TPSA) is 69.6 Å². The molecular weight excluding hydrogens is 218 g/mol. The molecule has 0 amide bonds. The number of ether oxygens (including phenoxy) is 1. The predicted molar refractivity (Wildman–Crippen MR) is 64.7 cm³/mol. The van der Waals surface area contributed by atoms with Crippen molar-refractivity contribution in [3.63, 3.8) is 0 Å². The summed E-state index contributed by atoms with van der Waals surface area (Å²) in [5, 5.41) is 0. The van der Waals surface area contributed by atoms with Gasteiger partial charge < -0.3 is 14.9 Å². The lowest BCUT2D eigenvalue weighted by Gasteiger charge is -2.03. The first-order chi connectivity index (χ1) is 8.13. The monoisotopic (exact) mass is 233 g/mol. The van der Waals surface area contributed by atoms with Gasteiger partial charge in [0.25, 0.3) is 0 Å². The van der Waals surface area contributed by atoms with Crippen molar-refractivity contribution >= 4 is 17.3 Å². The molecule has 90 valence electrons. The van der Waals surface area contributed by atoms with E-state index in [1.807, 2.05) is 23.6 Å². The SMILES string of the molecule is CCOC(=O)Cc1c(C)nc2c(N)cccn12. The number of imidazole rings is 1. The third-order valence-corrected chi connectivity index (χ3v) is 2.60. The highest BCUT2D eigenvalue weighted by molar-refractivity contribution is 5.74. The molecule has 0 aliphatic rings. The third-order valence-electron chi connectivity index (χ3n) is 2.60. The van der Waals surface area contributed by atoms with Gasteiger partial charge in [-0.2, -0.15) is 0 Å². The number of aromatic nitrogens is 2. The number of hydrogen-bond acceptors (Lipinski definition) is 4. The summed E-state index contributed by atoms with van der Waals surface area (Å²) in [6, 6.07) is 3.62. The minimum Gasteiger partial charge on any atom is -0.466 e. The quantitative estimate of drug-likeness (QED) is 0.812. The number of esters is 1. The van der Waals surface area contributed by atoms with E-state index in [1.54, 1.807) is 13.0 Å². The van der Waals surface area contributed by atoms with Crippen LogP contribution in [0.4, 0.5) is 5.69 Å². The van der Waals surface area contributed by atoms with Crippen LogP contribution in [0.1, 0.15) is 18.3 Å². The first-order valence-electron chi connectivity index (χ1n) is 5.51. The largest absolute Gasteiger partial charge is 0.466 e. The zero-order valence-corrected chi connectivity index (χ0v) is 9.93. The summed E-state index contributed by atoms with van der Waals surface area (Å²) < 4.78 is 6.77. The summed E-state index contributed by atoms with van der Waals surface area (Å²) in [6.45, 7) is 4.04. The summed E-state index contributed by atoms with van der Waals surface area (Å²) >= 11 is 0. The molecule has 0 spiro atoms. The van der Waals surface area contributed by atoms with Gasteiger partial charge in [-0.05, 0) is 26.0 Å². The number of nitrogen functional groups attached to an aromatic ring is 1. The number of nitrogens with two attached hydrogens (primary N) is 1. The molecule has 17 heavy (non-hydrogen) atoms. The minimum atomic E-state index is -0.250. The highest BCUT2D eigenvalue weighted by atomic mass is 16.5. The van der Waals surface area contributed by atoms with E-state index in [2.05, 4.69) is 4.98 Å². The summed E-state index contributed by atoms with van der Waals surface area (Å²) in [5.74, 6) is -0.250. The van der Waals surface area contributed by atoms with Crippen molar-refractivity contribution in [3.8, 4) is 0 Å². The maximum Gasteiger partial charge on any atom is 0.311 e. The zero-order valence-electron chi connectivity index (χ0n) is 9.93. The lowest BCUT2D eigenvalue weighted by molar-refractivity contribution is -0.142. The number of fused-ring (bicyclic) bond motifs is 1. The molecule has 5 nitrogen and oxygen atoms in total. The zero-order chi connectivity index (χ0) is 12.4. The molecule has 0 aliphatic carbocycles. The highest BCUT2D eigenvalue weighted by Crippen LogP contribution is 2.17. The van der Waals surface area contributed by atoms with E-state index in [0.717, 1.165) is 11.4 Å². The van der Waals surface area contributed by atoms with Gasteiger partial charge in [-0.1, -0.05) is 0 Å². The van der Waals surface area contributed by atoms with E-state index < -0.39 is 0 Å². The summed E-state index contributed by atoms with van der Waals surface area (Å²) in [5.41, 5.74) is 8.74. The Labute approximate surface area is 99.2 Å². The highest BCUT2D eigenvalue weighted by Gasteiger charge is 2.14. The summed E-state index contributed by atoms with van der Waals surface area (Å²) in [6.07, 6.45) is 2.06. The molecule has 0 atom stereocenters. The van der Waals surface area contributed by atoms with Crippen LogP contribution in [0.2, 0.25) is 0 Å². The van der Waals surface area contributed by atoms with Crippen molar-refractivity contribution in [3.05, 3.63) is 29.7 Å².